The molecule has 0 bridgehead atoms. The quantitative estimate of drug-likeness (QED) is 0.544. The number of halogens is 1. The Bertz CT molecular complexity index is 1150. The molecule has 1 saturated heterocycles. The number of sulfonamides is 1. The van der Waals surface area contributed by atoms with Crippen LogP contribution in [0.4, 0.5) is 0 Å². The van der Waals surface area contributed by atoms with Crippen molar-refractivity contribution < 1.29 is 32.3 Å². The fraction of sp³-hybridized carbons (Fsp3) is 0.348. The summed E-state index contributed by atoms with van der Waals surface area (Å²) in [4.78, 5) is 37.7. The lowest BCUT2D eigenvalue weighted by Crippen LogP contribution is -2.42. The molecule has 11 heteroatoms. The van der Waals surface area contributed by atoms with E-state index in [2.05, 4.69) is 4.72 Å². The van der Waals surface area contributed by atoms with Crippen LogP contribution in [0.15, 0.2) is 53.4 Å². The standard InChI is InChI=1S/C23H25ClN2O7S/c1-32-22(28)17-9-11-26(12-10-17)21(27)15-33-23(29)18-7-8-19(24)20(13-18)34(30,31)25-14-16-5-3-2-4-6-16/h2-8,13,17,25H,9-12,14-15H2,1H3. The van der Waals surface area contributed by atoms with Gasteiger partial charge >= 0.3 is 11.9 Å². The summed E-state index contributed by atoms with van der Waals surface area (Å²) < 4.78 is 37.7. The lowest BCUT2D eigenvalue weighted by atomic mass is 9.97. The summed E-state index contributed by atoms with van der Waals surface area (Å²) in [5.41, 5.74) is 0.702. The average molecular weight is 509 g/mol. The van der Waals surface area contributed by atoms with Crippen LogP contribution in [0.2, 0.25) is 5.02 Å². The number of rotatable bonds is 8. The van der Waals surface area contributed by atoms with E-state index in [1.807, 2.05) is 6.07 Å². The Morgan fingerprint density at radius 3 is 2.41 bits per heavy atom. The minimum atomic E-state index is -4.01. The van der Waals surface area contributed by atoms with Crippen molar-refractivity contribution in [3.05, 3.63) is 64.7 Å². The van der Waals surface area contributed by atoms with Crippen molar-refractivity contribution >= 4 is 39.5 Å². The monoisotopic (exact) mass is 508 g/mol. The number of benzene rings is 2. The van der Waals surface area contributed by atoms with E-state index < -0.39 is 28.5 Å². The second-order valence-electron chi connectivity index (χ2n) is 7.71. The first-order chi connectivity index (χ1) is 16.2. The number of nitrogens with zero attached hydrogens (tertiary/aromatic N) is 1. The van der Waals surface area contributed by atoms with Crippen LogP contribution in [0, 0.1) is 5.92 Å². The molecular formula is C23H25ClN2O7S. The van der Waals surface area contributed by atoms with Gasteiger partial charge in [-0.1, -0.05) is 41.9 Å². The molecule has 1 aliphatic rings. The summed E-state index contributed by atoms with van der Waals surface area (Å²) in [6.07, 6.45) is 0.946. The number of likely N-dealkylation sites (tertiary alicyclic amines) is 1. The largest absolute Gasteiger partial charge is 0.469 e. The van der Waals surface area contributed by atoms with Crippen molar-refractivity contribution in [2.75, 3.05) is 26.8 Å². The molecule has 0 aromatic heterocycles. The Labute approximate surface area is 203 Å². The second-order valence-corrected chi connectivity index (χ2v) is 9.85. The van der Waals surface area contributed by atoms with Gasteiger partial charge in [0.2, 0.25) is 10.0 Å². The van der Waals surface area contributed by atoms with E-state index in [1.54, 1.807) is 24.3 Å². The Morgan fingerprint density at radius 2 is 1.76 bits per heavy atom. The molecule has 0 unspecified atom stereocenters. The zero-order valence-corrected chi connectivity index (χ0v) is 20.1. The van der Waals surface area contributed by atoms with Gasteiger partial charge in [-0.15, -0.1) is 0 Å². The highest BCUT2D eigenvalue weighted by Crippen LogP contribution is 2.24. The molecule has 1 N–H and O–H groups in total. The topological polar surface area (TPSA) is 119 Å². The number of nitrogens with one attached hydrogen (secondary N) is 1. The van der Waals surface area contributed by atoms with Crippen LogP contribution in [0.1, 0.15) is 28.8 Å². The van der Waals surface area contributed by atoms with Gasteiger partial charge in [-0.25, -0.2) is 17.9 Å². The predicted molar refractivity (Wildman–Crippen MR) is 124 cm³/mol. The number of methoxy groups -OCH3 is 1. The average Bonchev–Trinajstić information content (AvgIpc) is 2.86. The fourth-order valence-corrected chi connectivity index (χ4v) is 5.06. The molecule has 0 saturated carbocycles. The minimum Gasteiger partial charge on any atom is -0.469 e. The van der Waals surface area contributed by atoms with E-state index in [9.17, 15) is 22.8 Å². The van der Waals surface area contributed by atoms with E-state index in [-0.39, 0.29) is 33.9 Å². The molecule has 2 aromatic carbocycles. The SMILES string of the molecule is COC(=O)C1CCN(C(=O)COC(=O)c2ccc(Cl)c(S(=O)(=O)NCc3ccccc3)c2)CC1. The Morgan fingerprint density at radius 1 is 1.09 bits per heavy atom. The van der Waals surface area contributed by atoms with E-state index in [0.717, 1.165) is 11.6 Å². The number of piperidine rings is 1. The van der Waals surface area contributed by atoms with Gasteiger partial charge in [0.25, 0.3) is 5.91 Å². The van der Waals surface area contributed by atoms with Crippen LogP contribution in [-0.2, 0) is 35.6 Å². The predicted octanol–water partition coefficient (Wildman–Crippen LogP) is 2.39. The fourth-order valence-electron chi connectivity index (χ4n) is 3.52. The summed E-state index contributed by atoms with van der Waals surface area (Å²) in [5, 5.41) is -0.0540. The number of carbonyl (C=O) groups excluding carboxylic acids is 3. The molecule has 1 aliphatic heterocycles. The van der Waals surface area contributed by atoms with Crippen molar-refractivity contribution in [1.82, 2.24) is 9.62 Å². The van der Waals surface area contributed by atoms with Crippen molar-refractivity contribution in [2.45, 2.75) is 24.3 Å². The summed E-state index contributed by atoms with van der Waals surface area (Å²) in [7, 11) is -2.69. The van der Waals surface area contributed by atoms with Crippen LogP contribution in [0.3, 0.4) is 0 Å². The zero-order chi connectivity index (χ0) is 24.7. The van der Waals surface area contributed by atoms with Gasteiger partial charge in [0.1, 0.15) is 4.90 Å². The maximum atomic E-state index is 12.7. The van der Waals surface area contributed by atoms with Gasteiger partial charge in [0, 0.05) is 19.6 Å². The van der Waals surface area contributed by atoms with Gasteiger partial charge in [-0.05, 0) is 36.6 Å². The van der Waals surface area contributed by atoms with Crippen molar-refractivity contribution in [2.24, 2.45) is 5.92 Å². The van der Waals surface area contributed by atoms with Crippen LogP contribution in [0.25, 0.3) is 0 Å². The third-order valence-electron chi connectivity index (χ3n) is 5.47. The Hall–Kier alpha value is -2.95. The third-order valence-corrected chi connectivity index (χ3v) is 7.36. The third kappa shape index (κ3) is 6.55. The summed E-state index contributed by atoms with van der Waals surface area (Å²) in [5.74, 6) is -1.80. The highest BCUT2D eigenvalue weighted by molar-refractivity contribution is 7.89. The lowest BCUT2D eigenvalue weighted by molar-refractivity contribution is -0.149. The number of hydrogen-bond acceptors (Lipinski definition) is 7. The van der Waals surface area contributed by atoms with Gasteiger partial charge in [-0.3, -0.25) is 9.59 Å². The Balaban J connectivity index is 1.59. The molecule has 9 nitrogen and oxygen atoms in total. The molecule has 3 rings (SSSR count). The van der Waals surface area contributed by atoms with Gasteiger partial charge in [0.05, 0.1) is 23.6 Å². The number of amides is 1. The first-order valence-electron chi connectivity index (χ1n) is 10.6. The molecular weight excluding hydrogens is 484 g/mol. The minimum absolute atomic E-state index is 0.0509. The first kappa shape index (κ1) is 25.7. The first-order valence-corrected chi connectivity index (χ1v) is 12.4. The van der Waals surface area contributed by atoms with Crippen molar-refractivity contribution in [3.8, 4) is 0 Å². The highest BCUT2D eigenvalue weighted by atomic mass is 35.5. The summed E-state index contributed by atoms with van der Waals surface area (Å²) >= 11 is 6.08. The van der Waals surface area contributed by atoms with E-state index in [0.29, 0.717) is 25.9 Å². The highest BCUT2D eigenvalue weighted by Gasteiger charge is 2.28. The van der Waals surface area contributed by atoms with E-state index in [4.69, 9.17) is 21.1 Å². The second kappa shape index (κ2) is 11.5. The number of hydrogen-bond donors (Lipinski definition) is 1. The maximum Gasteiger partial charge on any atom is 0.338 e. The molecule has 0 radical (unpaired) electrons. The normalized spacial score (nSPS) is 14.5. The molecule has 2 aromatic rings. The smallest absolute Gasteiger partial charge is 0.338 e. The molecule has 1 amide bonds. The zero-order valence-electron chi connectivity index (χ0n) is 18.5. The molecule has 1 heterocycles. The lowest BCUT2D eigenvalue weighted by Gasteiger charge is -2.30. The van der Waals surface area contributed by atoms with Gasteiger partial charge in [-0.2, -0.15) is 0 Å². The molecule has 0 spiro atoms. The van der Waals surface area contributed by atoms with Crippen LogP contribution >= 0.6 is 11.6 Å². The van der Waals surface area contributed by atoms with E-state index in [1.165, 1.54) is 24.1 Å². The Kier molecular flexibility index (Phi) is 8.65. The molecule has 182 valence electrons. The van der Waals surface area contributed by atoms with Gasteiger partial charge in [0.15, 0.2) is 6.61 Å². The maximum absolute atomic E-state index is 12.7. The number of ether oxygens (including phenoxy) is 2. The van der Waals surface area contributed by atoms with Crippen molar-refractivity contribution in [1.29, 1.82) is 0 Å². The molecule has 0 aliphatic carbocycles. The summed E-state index contributed by atoms with van der Waals surface area (Å²) in [6.45, 7) is 0.257. The van der Waals surface area contributed by atoms with Crippen molar-refractivity contribution in [3.63, 3.8) is 0 Å². The van der Waals surface area contributed by atoms with Gasteiger partial charge < -0.3 is 14.4 Å². The van der Waals surface area contributed by atoms with Crippen LogP contribution in [0.5, 0.6) is 0 Å². The molecule has 0 atom stereocenters. The van der Waals surface area contributed by atoms with Crippen LogP contribution < -0.4 is 4.72 Å². The summed E-state index contributed by atoms with van der Waals surface area (Å²) in [6, 6.07) is 12.7. The molecule has 1 fully saturated rings. The van der Waals surface area contributed by atoms with Crippen LogP contribution in [-0.4, -0.2) is 58.0 Å². The number of carbonyl (C=O) groups is 3. The number of esters is 2. The molecule has 34 heavy (non-hydrogen) atoms. The van der Waals surface area contributed by atoms with E-state index >= 15 is 0 Å².